The van der Waals surface area contributed by atoms with Gasteiger partial charge in [0.25, 0.3) is 0 Å². The molecule has 0 N–H and O–H groups in total. The Morgan fingerprint density at radius 3 is 2.27 bits per heavy atom. The number of piperidine rings is 1. The highest BCUT2D eigenvalue weighted by molar-refractivity contribution is 5.79. The van der Waals surface area contributed by atoms with Gasteiger partial charge in [-0.2, -0.15) is 0 Å². The van der Waals surface area contributed by atoms with E-state index in [1.54, 1.807) is 12.1 Å². The van der Waals surface area contributed by atoms with Crippen molar-refractivity contribution in [1.29, 1.82) is 0 Å². The lowest BCUT2D eigenvalue weighted by atomic mass is 9.86. The lowest BCUT2D eigenvalue weighted by molar-refractivity contribution is -0.134. The van der Waals surface area contributed by atoms with Crippen LogP contribution in [0.5, 0.6) is 0 Å². The topological polar surface area (TPSA) is 23.6 Å². The lowest BCUT2D eigenvalue weighted by Gasteiger charge is -2.34. The van der Waals surface area contributed by atoms with Crippen LogP contribution >= 0.6 is 0 Å². The molecule has 4 heteroatoms. The van der Waals surface area contributed by atoms with E-state index in [9.17, 15) is 9.18 Å². The van der Waals surface area contributed by atoms with Gasteiger partial charge in [-0.25, -0.2) is 4.39 Å². The Bertz CT molecular complexity index is 901. The van der Waals surface area contributed by atoms with Gasteiger partial charge in [-0.15, -0.1) is 0 Å². The van der Waals surface area contributed by atoms with Crippen molar-refractivity contribution >= 4 is 5.91 Å². The number of halogens is 1. The van der Waals surface area contributed by atoms with Crippen molar-refractivity contribution in [1.82, 2.24) is 9.80 Å². The number of likely N-dealkylation sites (tertiary alicyclic amines) is 2. The van der Waals surface area contributed by atoms with Crippen molar-refractivity contribution in [2.75, 3.05) is 32.7 Å². The Labute approximate surface area is 198 Å². The van der Waals surface area contributed by atoms with Crippen LogP contribution < -0.4 is 0 Å². The first-order valence-corrected chi connectivity index (χ1v) is 13.0. The maximum absolute atomic E-state index is 13.6. The van der Waals surface area contributed by atoms with Crippen LogP contribution in [0.15, 0.2) is 54.6 Å². The van der Waals surface area contributed by atoms with Crippen molar-refractivity contribution in [2.24, 2.45) is 17.8 Å². The molecule has 0 bridgehead atoms. The van der Waals surface area contributed by atoms with Gasteiger partial charge >= 0.3 is 0 Å². The molecular formula is C29H37FN2O. The monoisotopic (exact) mass is 448 g/mol. The Hall–Kier alpha value is -2.20. The van der Waals surface area contributed by atoms with E-state index >= 15 is 0 Å². The molecule has 2 aliphatic heterocycles. The van der Waals surface area contributed by atoms with Gasteiger partial charge in [-0.1, -0.05) is 55.3 Å². The van der Waals surface area contributed by atoms with E-state index in [2.05, 4.69) is 40.1 Å². The number of amides is 1. The smallest absolute Gasteiger partial charge is 0.225 e. The molecule has 0 radical (unpaired) electrons. The van der Waals surface area contributed by atoms with Crippen LogP contribution in [0.2, 0.25) is 0 Å². The first kappa shape index (κ1) is 22.6. The van der Waals surface area contributed by atoms with Crippen molar-refractivity contribution < 1.29 is 9.18 Å². The van der Waals surface area contributed by atoms with Crippen molar-refractivity contribution in [3.63, 3.8) is 0 Å². The number of rotatable bonds is 6. The summed E-state index contributed by atoms with van der Waals surface area (Å²) in [6.07, 6.45) is 8.15. The highest BCUT2D eigenvalue weighted by atomic mass is 19.1. The number of hydrogen-bond donors (Lipinski definition) is 0. The van der Waals surface area contributed by atoms with Gasteiger partial charge in [0.1, 0.15) is 5.82 Å². The van der Waals surface area contributed by atoms with E-state index < -0.39 is 0 Å². The Balaban J connectivity index is 1.22. The summed E-state index contributed by atoms with van der Waals surface area (Å²) in [7, 11) is 0. The summed E-state index contributed by atoms with van der Waals surface area (Å²) in [6.45, 7) is 4.95. The fourth-order valence-electron chi connectivity index (χ4n) is 6.41. The molecule has 2 atom stereocenters. The predicted octanol–water partition coefficient (Wildman–Crippen LogP) is 5.51. The second-order valence-electron chi connectivity index (χ2n) is 10.6. The average Bonchev–Trinajstić information content (AvgIpc) is 3.52. The van der Waals surface area contributed by atoms with E-state index in [1.807, 2.05) is 12.1 Å². The maximum atomic E-state index is 13.6. The zero-order valence-electron chi connectivity index (χ0n) is 19.7. The van der Waals surface area contributed by atoms with Gasteiger partial charge in [0.2, 0.25) is 5.91 Å². The van der Waals surface area contributed by atoms with Gasteiger partial charge < -0.3 is 9.80 Å². The van der Waals surface area contributed by atoms with E-state index in [1.165, 1.54) is 43.2 Å². The van der Waals surface area contributed by atoms with E-state index in [4.69, 9.17) is 0 Å². The lowest BCUT2D eigenvalue weighted by Crippen LogP contribution is -2.39. The third-order valence-corrected chi connectivity index (χ3v) is 8.32. The molecule has 5 rings (SSSR count). The molecule has 176 valence electrons. The zero-order chi connectivity index (χ0) is 22.6. The van der Waals surface area contributed by atoms with Crippen LogP contribution in [0.25, 0.3) is 0 Å². The second kappa shape index (κ2) is 10.4. The second-order valence-corrected chi connectivity index (χ2v) is 10.6. The quantitative estimate of drug-likeness (QED) is 0.582. The van der Waals surface area contributed by atoms with Crippen molar-refractivity contribution in [3.05, 3.63) is 71.5 Å². The highest BCUT2D eigenvalue weighted by Gasteiger charge is 2.39. The first-order chi connectivity index (χ1) is 16.2. The maximum Gasteiger partial charge on any atom is 0.225 e. The van der Waals surface area contributed by atoms with Crippen molar-refractivity contribution in [2.45, 2.75) is 50.9 Å². The van der Waals surface area contributed by atoms with Crippen LogP contribution in [-0.2, 0) is 11.2 Å². The number of carbonyl (C=O) groups is 1. The minimum Gasteiger partial charge on any atom is -0.341 e. The third kappa shape index (κ3) is 5.48. The molecule has 2 heterocycles. The molecule has 2 aromatic carbocycles. The van der Waals surface area contributed by atoms with E-state index in [0.29, 0.717) is 17.7 Å². The van der Waals surface area contributed by atoms with Crippen LogP contribution in [0.1, 0.15) is 55.6 Å². The summed E-state index contributed by atoms with van der Waals surface area (Å²) in [5.74, 6) is 1.90. The fraction of sp³-hybridized carbons (Fsp3) is 0.552. The predicted molar refractivity (Wildman–Crippen MR) is 130 cm³/mol. The van der Waals surface area contributed by atoms with E-state index in [-0.39, 0.29) is 11.7 Å². The molecule has 1 amide bonds. The van der Waals surface area contributed by atoms with Crippen LogP contribution in [0.3, 0.4) is 0 Å². The molecule has 33 heavy (non-hydrogen) atoms. The standard InChI is InChI=1S/C29H37FN2O/c30-27-12-10-24(11-13-27)28-21-32(29(33)25-8-4-5-9-25)20-26(28)19-31-16-14-23(15-17-31)18-22-6-2-1-3-7-22/h1-3,6-7,10-13,23,25-26,28H,4-5,8-9,14-21H2/t26-,28-/m1/s1. The van der Waals surface area contributed by atoms with Crippen molar-refractivity contribution in [3.8, 4) is 0 Å². The summed E-state index contributed by atoms with van der Waals surface area (Å²) in [5.41, 5.74) is 2.63. The van der Waals surface area contributed by atoms with Gasteiger partial charge in [-0.05, 0) is 80.3 Å². The largest absolute Gasteiger partial charge is 0.341 e. The first-order valence-electron chi connectivity index (χ1n) is 13.0. The zero-order valence-corrected chi connectivity index (χ0v) is 19.7. The summed E-state index contributed by atoms with van der Waals surface area (Å²) >= 11 is 0. The highest BCUT2D eigenvalue weighted by Crippen LogP contribution is 2.37. The fourth-order valence-corrected chi connectivity index (χ4v) is 6.41. The van der Waals surface area contributed by atoms with E-state index in [0.717, 1.165) is 51.5 Å². The molecule has 3 aliphatic rings. The normalized spacial score (nSPS) is 25.1. The number of nitrogens with zero attached hydrogens (tertiary/aromatic N) is 2. The summed E-state index contributed by atoms with van der Waals surface area (Å²) in [4.78, 5) is 17.9. The molecule has 2 saturated heterocycles. The van der Waals surface area contributed by atoms with Gasteiger partial charge in [0.05, 0.1) is 0 Å². The SMILES string of the molecule is O=C(C1CCCC1)N1C[C@@H](CN2CCC(Cc3ccccc3)CC2)[C@@H](c2ccc(F)cc2)C1. The molecule has 3 fully saturated rings. The molecule has 1 saturated carbocycles. The molecular weight excluding hydrogens is 411 g/mol. The number of carbonyl (C=O) groups excluding carboxylic acids is 1. The van der Waals surface area contributed by atoms with Crippen LogP contribution in [0.4, 0.5) is 4.39 Å². The molecule has 0 spiro atoms. The van der Waals surface area contributed by atoms with Crippen LogP contribution in [-0.4, -0.2) is 48.4 Å². The van der Waals surface area contributed by atoms with Gasteiger partial charge in [0.15, 0.2) is 0 Å². The molecule has 0 unspecified atom stereocenters. The molecule has 2 aromatic rings. The minimum absolute atomic E-state index is 0.187. The number of benzene rings is 2. The summed E-state index contributed by atoms with van der Waals surface area (Å²) < 4.78 is 13.6. The van der Waals surface area contributed by atoms with Crippen LogP contribution in [0, 0.1) is 23.6 Å². The Morgan fingerprint density at radius 2 is 1.58 bits per heavy atom. The third-order valence-electron chi connectivity index (χ3n) is 8.32. The molecule has 1 aliphatic carbocycles. The molecule has 0 aromatic heterocycles. The summed E-state index contributed by atoms with van der Waals surface area (Å²) in [5, 5.41) is 0. The summed E-state index contributed by atoms with van der Waals surface area (Å²) in [6, 6.07) is 17.9. The van der Waals surface area contributed by atoms with Gasteiger partial charge in [0, 0.05) is 31.5 Å². The minimum atomic E-state index is -0.187. The van der Waals surface area contributed by atoms with Gasteiger partial charge in [-0.3, -0.25) is 4.79 Å². The average molecular weight is 449 g/mol. The molecule has 3 nitrogen and oxygen atoms in total. The Morgan fingerprint density at radius 1 is 0.879 bits per heavy atom. The Kier molecular flexibility index (Phi) is 7.10. The number of hydrogen-bond acceptors (Lipinski definition) is 2.